The van der Waals surface area contributed by atoms with Crippen molar-refractivity contribution in [3.05, 3.63) is 37.5 Å². The molecule has 7 nitrogen and oxygen atoms in total. The van der Waals surface area contributed by atoms with E-state index >= 15 is 0 Å². The molecule has 9 unspecified atom stereocenters. The molecule has 0 spiro atoms. The maximum atomic E-state index is 13.3. The minimum absolute atomic E-state index is 0.00603. The van der Waals surface area contributed by atoms with Crippen molar-refractivity contribution in [2.45, 2.75) is 33.1 Å². The predicted octanol–water partition coefficient (Wildman–Crippen LogP) is 2.67. The van der Waals surface area contributed by atoms with Crippen LogP contribution in [0.1, 0.15) is 33.1 Å². The Kier molecular flexibility index (Phi) is 4.42. The van der Waals surface area contributed by atoms with E-state index < -0.39 is 47.3 Å². The Labute approximate surface area is 181 Å². The fourth-order valence-electron chi connectivity index (χ4n) is 6.96. The molecule has 31 heavy (non-hydrogen) atoms. The van der Waals surface area contributed by atoms with Crippen molar-refractivity contribution in [3.8, 4) is 0 Å². The van der Waals surface area contributed by atoms with Gasteiger partial charge in [0.1, 0.15) is 0 Å². The van der Waals surface area contributed by atoms with Gasteiger partial charge in [-0.05, 0) is 48.3 Å². The van der Waals surface area contributed by atoms with Crippen molar-refractivity contribution < 1.29 is 24.1 Å². The summed E-state index contributed by atoms with van der Waals surface area (Å²) >= 11 is 0. The summed E-state index contributed by atoms with van der Waals surface area (Å²) in [6, 6.07) is 0. The van der Waals surface area contributed by atoms with Gasteiger partial charge in [0.2, 0.25) is 0 Å². The van der Waals surface area contributed by atoms with E-state index in [1.807, 2.05) is 19.1 Å². The van der Waals surface area contributed by atoms with Crippen LogP contribution >= 0.6 is 0 Å². The molecule has 0 aromatic heterocycles. The minimum Gasteiger partial charge on any atom is -0.272 e. The molecule has 2 bridgehead atoms. The molecular formula is C24H28N2O5. The fourth-order valence-corrected chi connectivity index (χ4v) is 6.96. The number of nitrogens with zero attached hydrogens (tertiary/aromatic N) is 2. The predicted molar refractivity (Wildman–Crippen MR) is 110 cm³/mol. The maximum absolute atomic E-state index is 13.3. The molecule has 9 atom stereocenters. The van der Waals surface area contributed by atoms with Crippen LogP contribution in [0.25, 0.3) is 0 Å². The molecule has 0 N–H and O–H groups in total. The highest BCUT2D eigenvalue weighted by atomic mass is 16.9. The molecule has 2 aliphatic heterocycles. The van der Waals surface area contributed by atoms with Gasteiger partial charge in [0, 0.05) is 0 Å². The van der Waals surface area contributed by atoms with Gasteiger partial charge >= 0.3 is 0 Å². The van der Waals surface area contributed by atoms with Crippen LogP contribution in [0, 0.1) is 52.8 Å². The van der Waals surface area contributed by atoms with E-state index in [-0.39, 0.29) is 29.1 Å². The molecule has 0 radical (unpaired) electrons. The Hall–Kier alpha value is -2.54. The molecule has 4 amide bonds. The van der Waals surface area contributed by atoms with Gasteiger partial charge in [0.25, 0.3) is 23.6 Å². The smallest absolute Gasteiger partial charge is 0.260 e. The van der Waals surface area contributed by atoms with Gasteiger partial charge in [0.05, 0.1) is 23.7 Å². The van der Waals surface area contributed by atoms with Gasteiger partial charge in [-0.3, -0.25) is 19.2 Å². The summed E-state index contributed by atoms with van der Waals surface area (Å²) in [6.07, 6.45) is 9.89. The summed E-state index contributed by atoms with van der Waals surface area (Å²) in [7, 11) is 0. The third kappa shape index (κ3) is 2.56. The summed E-state index contributed by atoms with van der Waals surface area (Å²) in [5.74, 6) is -4.07. The van der Waals surface area contributed by atoms with Crippen molar-refractivity contribution in [1.82, 2.24) is 10.1 Å². The summed E-state index contributed by atoms with van der Waals surface area (Å²) in [5, 5.41) is 1.35. The molecule has 2 saturated carbocycles. The molecule has 2 heterocycles. The second-order valence-corrected chi connectivity index (χ2v) is 10.1. The van der Waals surface area contributed by atoms with E-state index in [1.54, 1.807) is 6.08 Å². The maximum Gasteiger partial charge on any atom is 0.260 e. The third-order valence-corrected chi connectivity index (χ3v) is 8.48. The number of hydrogen-bond acceptors (Lipinski definition) is 5. The van der Waals surface area contributed by atoms with E-state index in [0.29, 0.717) is 23.0 Å². The van der Waals surface area contributed by atoms with E-state index in [1.165, 1.54) is 0 Å². The lowest BCUT2D eigenvalue weighted by Gasteiger charge is -2.37. The van der Waals surface area contributed by atoms with Crippen LogP contribution in [-0.2, 0) is 24.1 Å². The van der Waals surface area contributed by atoms with Crippen LogP contribution in [0.15, 0.2) is 37.5 Å². The van der Waals surface area contributed by atoms with Crippen molar-refractivity contribution in [2.24, 2.45) is 52.8 Å². The van der Waals surface area contributed by atoms with Gasteiger partial charge in [-0.25, -0.2) is 0 Å². The number of imide groups is 2. The number of fused-ring (bicyclic) bond motifs is 6. The van der Waals surface area contributed by atoms with Crippen molar-refractivity contribution in [3.63, 3.8) is 0 Å². The average Bonchev–Trinajstić information content (AvgIpc) is 3.39. The molecule has 5 aliphatic rings. The number of rotatable bonds is 5. The minimum atomic E-state index is -0.537. The largest absolute Gasteiger partial charge is 0.272 e. The Balaban J connectivity index is 1.41. The van der Waals surface area contributed by atoms with Crippen molar-refractivity contribution >= 4 is 23.6 Å². The highest BCUT2D eigenvalue weighted by Crippen LogP contribution is 2.59. The van der Waals surface area contributed by atoms with E-state index in [0.717, 1.165) is 6.42 Å². The second-order valence-electron chi connectivity index (χ2n) is 10.1. The monoisotopic (exact) mass is 424 g/mol. The van der Waals surface area contributed by atoms with Gasteiger partial charge < -0.3 is 0 Å². The lowest BCUT2D eigenvalue weighted by Crippen LogP contribution is -2.45. The van der Waals surface area contributed by atoms with Crippen LogP contribution in [0.3, 0.4) is 0 Å². The molecule has 2 saturated heterocycles. The van der Waals surface area contributed by atoms with Crippen LogP contribution in [0.5, 0.6) is 0 Å². The number of carbonyl (C=O) groups is 4. The van der Waals surface area contributed by atoms with Crippen LogP contribution in [-0.4, -0.2) is 33.8 Å². The number of carbonyl (C=O) groups excluding carboxylic acids is 4. The summed E-state index contributed by atoms with van der Waals surface area (Å²) in [4.78, 5) is 58.0. The Bertz CT molecular complexity index is 940. The SMILES string of the molecule is C=CCC1(C)C=CC2CC1C1C(=O)N(ON3C(=O)C4C(C)CC(C=C)C4C3=O)C(=O)C21. The number of hydrogen-bond donors (Lipinski definition) is 0. The summed E-state index contributed by atoms with van der Waals surface area (Å²) in [6.45, 7) is 11.6. The Morgan fingerprint density at radius 3 is 2.26 bits per heavy atom. The quantitative estimate of drug-likeness (QED) is 0.500. The number of allylic oxidation sites excluding steroid dienone is 4. The molecule has 3 aliphatic carbocycles. The van der Waals surface area contributed by atoms with Gasteiger partial charge in [0.15, 0.2) is 0 Å². The molecule has 0 aromatic carbocycles. The van der Waals surface area contributed by atoms with Gasteiger partial charge in [-0.15, -0.1) is 28.2 Å². The summed E-state index contributed by atoms with van der Waals surface area (Å²) < 4.78 is 0. The molecule has 164 valence electrons. The second kappa shape index (κ2) is 6.73. The summed E-state index contributed by atoms with van der Waals surface area (Å²) in [5.41, 5.74) is -0.257. The fraction of sp³-hybridized carbons (Fsp3) is 0.583. The topological polar surface area (TPSA) is 84.0 Å². The first-order chi connectivity index (χ1) is 14.7. The van der Waals surface area contributed by atoms with Crippen molar-refractivity contribution in [1.29, 1.82) is 0 Å². The molecule has 7 heteroatoms. The first-order valence-electron chi connectivity index (χ1n) is 11.1. The lowest BCUT2D eigenvalue weighted by molar-refractivity contribution is -0.272. The lowest BCUT2D eigenvalue weighted by atomic mass is 9.67. The zero-order chi connectivity index (χ0) is 22.2. The van der Waals surface area contributed by atoms with E-state index in [2.05, 4.69) is 26.2 Å². The highest BCUT2D eigenvalue weighted by Gasteiger charge is 2.65. The zero-order valence-electron chi connectivity index (χ0n) is 17.9. The van der Waals surface area contributed by atoms with Gasteiger partial charge in [-0.2, -0.15) is 0 Å². The molecule has 5 rings (SSSR count). The first-order valence-corrected chi connectivity index (χ1v) is 11.1. The first kappa shape index (κ1) is 20.4. The zero-order valence-corrected chi connectivity index (χ0v) is 17.9. The molecular weight excluding hydrogens is 396 g/mol. The number of amides is 4. The van der Waals surface area contributed by atoms with E-state index in [4.69, 9.17) is 4.94 Å². The normalized spacial score (nSPS) is 45.5. The Morgan fingerprint density at radius 2 is 1.61 bits per heavy atom. The van der Waals surface area contributed by atoms with Gasteiger partial charge in [-0.1, -0.05) is 38.2 Å². The number of hydroxylamine groups is 4. The van der Waals surface area contributed by atoms with Crippen LogP contribution in [0.4, 0.5) is 0 Å². The standard InChI is InChI=1S/C24H28N2O5/c1-5-8-24(4)9-7-14-11-15(24)19-18(14)22(29)26(23(19)30)31-25-20(27)16-12(3)10-13(6-2)17(16)21(25)28/h5-7,9,12-19H,1-2,8,10-11H2,3-4H3. The highest BCUT2D eigenvalue weighted by molar-refractivity contribution is 6.07. The van der Waals surface area contributed by atoms with Crippen LogP contribution < -0.4 is 0 Å². The third-order valence-electron chi connectivity index (χ3n) is 8.48. The van der Waals surface area contributed by atoms with E-state index in [9.17, 15) is 19.2 Å². The molecule has 0 aromatic rings. The Morgan fingerprint density at radius 1 is 1.00 bits per heavy atom. The van der Waals surface area contributed by atoms with Crippen molar-refractivity contribution in [2.75, 3.05) is 0 Å². The average molecular weight is 424 g/mol. The molecule has 4 fully saturated rings. The van der Waals surface area contributed by atoms with Crippen LogP contribution in [0.2, 0.25) is 0 Å².